The lowest BCUT2D eigenvalue weighted by atomic mass is 10.1. The summed E-state index contributed by atoms with van der Waals surface area (Å²) in [5.41, 5.74) is 8.16. The molecule has 4 nitrogen and oxygen atoms in total. The van der Waals surface area contributed by atoms with Crippen molar-refractivity contribution in [1.82, 2.24) is 9.97 Å². The first-order valence-electron chi connectivity index (χ1n) is 6.18. The molecule has 18 heavy (non-hydrogen) atoms. The highest BCUT2D eigenvalue weighted by molar-refractivity contribution is 7.08. The van der Waals surface area contributed by atoms with Crippen LogP contribution < -0.4 is 10.6 Å². The second-order valence-corrected chi connectivity index (χ2v) is 5.40. The molecule has 0 saturated carbocycles. The van der Waals surface area contributed by atoms with Crippen LogP contribution in [0.4, 0.5) is 5.82 Å². The molecule has 94 valence electrons. The molecular formula is C13H16N4S. The highest BCUT2D eigenvalue weighted by Gasteiger charge is 2.18. The highest BCUT2D eigenvalue weighted by atomic mass is 32.1. The summed E-state index contributed by atoms with van der Waals surface area (Å²) >= 11 is 1.68. The van der Waals surface area contributed by atoms with E-state index in [1.165, 1.54) is 0 Å². The predicted molar refractivity (Wildman–Crippen MR) is 74.8 cm³/mol. The van der Waals surface area contributed by atoms with Crippen molar-refractivity contribution in [3.8, 4) is 11.3 Å². The minimum absolute atomic E-state index is 0.262. The molecule has 0 spiro atoms. The van der Waals surface area contributed by atoms with Crippen LogP contribution in [0, 0.1) is 0 Å². The van der Waals surface area contributed by atoms with Crippen LogP contribution in [0.15, 0.2) is 29.2 Å². The normalized spacial score (nSPS) is 20.1. The Bertz CT molecular complexity index is 511. The van der Waals surface area contributed by atoms with E-state index >= 15 is 0 Å². The molecule has 1 unspecified atom stereocenters. The van der Waals surface area contributed by atoms with Crippen molar-refractivity contribution in [3.05, 3.63) is 29.2 Å². The minimum Gasteiger partial charge on any atom is -0.355 e. The minimum atomic E-state index is 0.262. The van der Waals surface area contributed by atoms with Crippen molar-refractivity contribution in [3.63, 3.8) is 0 Å². The van der Waals surface area contributed by atoms with Crippen LogP contribution in [0.5, 0.6) is 0 Å². The van der Waals surface area contributed by atoms with Crippen LogP contribution in [-0.2, 0) is 0 Å². The molecule has 2 aromatic heterocycles. The summed E-state index contributed by atoms with van der Waals surface area (Å²) in [7, 11) is 0. The van der Waals surface area contributed by atoms with Crippen molar-refractivity contribution < 1.29 is 0 Å². The number of anilines is 1. The second-order valence-electron chi connectivity index (χ2n) is 4.62. The topological polar surface area (TPSA) is 55.0 Å². The van der Waals surface area contributed by atoms with Crippen LogP contribution in [0.25, 0.3) is 11.3 Å². The third kappa shape index (κ3) is 2.37. The molecular weight excluding hydrogens is 244 g/mol. The van der Waals surface area contributed by atoms with E-state index in [-0.39, 0.29) is 6.04 Å². The Hall–Kier alpha value is -1.46. The fourth-order valence-corrected chi connectivity index (χ4v) is 2.96. The van der Waals surface area contributed by atoms with Crippen LogP contribution in [-0.4, -0.2) is 29.1 Å². The number of hydrogen-bond donors (Lipinski definition) is 1. The van der Waals surface area contributed by atoms with Gasteiger partial charge in [-0.3, -0.25) is 0 Å². The van der Waals surface area contributed by atoms with Crippen molar-refractivity contribution in [2.45, 2.75) is 18.9 Å². The molecule has 2 N–H and O–H groups in total. The predicted octanol–water partition coefficient (Wildman–Crippen LogP) is 2.13. The molecule has 5 heteroatoms. The Morgan fingerprint density at radius 2 is 2.33 bits per heavy atom. The maximum atomic E-state index is 6.01. The summed E-state index contributed by atoms with van der Waals surface area (Å²) in [6.07, 6.45) is 3.89. The Morgan fingerprint density at radius 3 is 3.11 bits per heavy atom. The average molecular weight is 260 g/mol. The second kappa shape index (κ2) is 5.04. The van der Waals surface area contributed by atoms with E-state index in [4.69, 9.17) is 5.73 Å². The molecule has 3 rings (SSSR count). The van der Waals surface area contributed by atoms with Crippen LogP contribution in [0.1, 0.15) is 12.8 Å². The number of piperidine rings is 1. The summed E-state index contributed by atoms with van der Waals surface area (Å²) in [5, 5.41) is 4.17. The van der Waals surface area contributed by atoms with E-state index in [9.17, 15) is 0 Å². The van der Waals surface area contributed by atoms with Crippen molar-refractivity contribution >= 4 is 17.2 Å². The van der Waals surface area contributed by atoms with Gasteiger partial charge in [0.05, 0.1) is 5.69 Å². The summed E-state index contributed by atoms with van der Waals surface area (Å²) in [6, 6.07) is 4.40. The molecule has 1 saturated heterocycles. The lowest BCUT2D eigenvalue weighted by Gasteiger charge is -2.31. The number of hydrogen-bond acceptors (Lipinski definition) is 5. The van der Waals surface area contributed by atoms with Gasteiger partial charge in [0.25, 0.3) is 0 Å². The van der Waals surface area contributed by atoms with Gasteiger partial charge < -0.3 is 10.6 Å². The maximum absolute atomic E-state index is 6.01. The summed E-state index contributed by atoms with van der Waals surface area (Å²) in [4.78, 5) is 11.0. The number of rotatable bonds is 2. The Balaban J connectivity index is 1.86. The van der Waals surface area contributed by atoms with Gasteiger partial charge in [-0.15, -0.1) is 0 Å². The quantitative estimate of drug-likeness (QED) is 0.898. The molecule has 1 aliphatic rings. The highest BCUT2D eigenvalue weighted by Crippen LogP contribution is 2.24. The first-order valence-corrected chi connectivity index (χ1v) is 7.12. The van der Waals surface area contributed by atoms with E-state index in [0.29, 0.717) is 0 Å². The van der Waals surface area contributed by atoms with Gasteiger partial charge >= 0.3 is 0 Å². The largest absolute Gasteiger partial charge is 0.355 e. The Labute approximate surface area is 110 Å². The standard InChI is InChI=1S/C13H16N4S/c14-11-2-1-4-17(7-11)13-6-12(15-9-16-13)10-3-5-18-8-10/h3,5-6,8-9,11H,1-2,4,7,14H2. The maximum Gasteiger partial charge on any atom is 0.132 e. The van der Waals surface area contributed by atoms with E-state index < -0.39 is 0 Å². The average Bonchev–Trinajstić information content (AvgIpc) is 2.93. The number of thiophene rings is 1. The molecule has 0 aliphatic carbocycles. The SMILES string of the molecule is NC1CCCN(c2cc(-c3ccsc3)ncn2)C1. The van der Waals surface area contributed by atoms with Crippen molar-refractivity contribution in [2.24, 2.45) is 5.73 Å². The molecule has 1 atom stereocenters. The fraction of sp³-hybridized carbons (Fsp3) is 0.385. The number of nitrogens with zero attached hydrogens (tertiary/aromatic N) is 3. The van der Waals surface area contributed by atoms with Gasteiger partial charge in [0.2, 0.25) is 0 Å². The molecule has 1 aliphatic heterocycles. The van der Waals surface area contributed by atoms with Gasteiger partial charge in [-0.1, -0.05) is 0 Å². The van der Waals surface area contributed by atoms with Gasteiger partial charge in [-0.25, -0.2) is 9.97 Å². The zero-order valence-electron chi connectivity index (χ0n) is 10.1. The molecule has 2 aromatic rings. The van der Waals surface area contributed by atoms with E-state index in [0.717, 1.165) is 43.0 Å². The third-order valence-corrected chi connectivity index (χ3v) is 3.93. The lowest BCUT2D eigenvalue weighted by molar-refractivity contribution is 0.503. The van der Waals surface area contributed by atoms with Crippen molar-refractivity contribution in [1.29, 1.82) is 0 Å². The molecule has 0 aromatic carbocycles. The molecule has 1 fully saturated rings. The first kappa shape index (κ1) is 11.6. The van der Waals surface area contributed by atoms with E-state index in [1.807, 2.05) is 0 Å². The van der Waals surface area contributed by atoms with Crippen molar-refractivity contribution in [2.75, 3.05) is 18.0 Å². The number of aromatic nitrogens is 2. The first-order chi connectivity index (χ1) is 8.83. The van der Waals surface area contributed by atoms with Gasteiger partial charge in [-0.2, -0.15) is 11.3 Å². The Morgan fingerprint density at radius 1 is 1.39 bits per heavy atom. The molecule has 0 radical (unpaired) electrons. The Kier molecular flexibility index (Phi) is 3.25. The van der Waals surface area contributed by atoms with Gasteiger partial charge in [0.15, 0.2) is 0 Å². The number of nitrogens with two attached hydrogens (primary N) is 1. The molecule has 0 bridgehead atoms. The zero-order valence-corrected chi connectivity index (χ0v) is 10.9. The monoisotopic (exact) mass is 260 g/mol. The lowest BCUT2D eigenvalue weighted by Crippen LogP contribution is -2.43. The smallest absolute Gasteiger partial charge is 0.132 e. The summed E-state index contributed by atoms with van der Waals surface area (Å²) < 4.78 is 0. The van der Waals surface area contributed by atoms with Crippen LogP contribution in [0.3, 0.4) is 0 Å². The van der Waals surface area contributed by atoms with Crippen LogP contribution >= 0.6 is 11.3 Å². The van der Waals surface area contributed by atoms with Crippen LogP contribution in [0.2, 0.25) is 0 Å². The van der Waals surface area contributed by atoms with E-state index in [1.54, 1.807) is 17.7 Å². The molecule has 0 amide bonds. The molecule has 3 heterocycles. The van der Waals surface area contributed by atoms with Gasteiger partial charge in [-0.05, 0) is 24.3 Å². The summed E-state index contributed by atoms with van der Waals surface area (Å²) in [5.74, 6) is 0.987. The zero-order chi connectivity index (χ0) is 12.4. The summed E-state index contributed by atoms with van der Waals surface area (Å²) in [6.45, 7) is 1.92. The third-order valence-electron chi connectivity index (χ3n) is 3.25. The van der Waals surface area contributed by atoms with Gasteiger partial charge in [0, 0.05) is 36.1 Å². The van der Waals surface area contributed by atoms with E-state index in [2.05, 4.69) is 37.8 Å². The van der Waals surface area contributed by atoms with Gasteiger partial charge in [0.1, 0.15) is 12.1 Å². The fourth-order valence-electron chi connectivity index (χ4n) is 2.31.